The predicted molar refractivity (Wildman–Crippen MR) is 113 cm³/mol. The van der Waals surface area contributed by atoms with Gasteiger partial charge in [-0.1, -0.05) is 42.1 Å². The number of hydrogen-bond donors (Lipinski definition) is 4. The lowest BCUT2D eigenvalue weighted by Gasteiger charge is -2.50. The molecule has 4 rings (SSSR count). The second kappa shape index (κ2) is 8.73. The molecule has 1 fully saturated rings. The first kappa shape index (κ1) is 21.4. The molecule has 31 heavy (non-hydrogen) atoms. The first-order valence-corrected chi connectivity index (χ1v) is 11.3. The minimum Gasteiger partial charge on any atom is -0.477 e. The Kier molecular flexibility index (Phi) is 6.03. The topological polar surface area (TPSA) is 149 Å². The Labute approximate surface area is 185 Å². The van der Waals surface area contributed by atoms with Gasteiger partial charge >= 0.3 is 5.97 Å². The number of fused-ring (bicyclic) bond motifs is 1. The Hall–Kier alpha value is -2.83. The number of carboxylic acid groups (broad SMARTS) is 1. The van der Waals surface area contributed by atoms with Crippen LogP contribution in [0, 0.1) is 0 Å². The van der Waals surface area contributed by atoms with Gasteiger partial charge in [0, 0.05) is 11.0 Å². The maximum Gasteiger partial charge on any atom is 0.352 e. The van der Waals surface area contributed by atoms with Crippen LogP contribution in [0.1, 0.15) is 18.6 Å². The van der Waals surface area contributed by atoms with Crippen LogP contribution in [-0.4, -0.2) is 70.5 Å². The lowest BCUT2D eigenvalue weighted by Crippen LogP contribution is -2.71. The number of amides is 2. The molecular weight excluding hydrogens is 442 g/mol. The molecule has 0 spiro atoms. The molecule has 2 aromatic rings. The van der Waals surface area contributed by atoms with Crippen molar-refractivity contribution < 1.29 is 24.6 Å². The van der Waals surface area contributed by atoms with Gasteiger partial charge in [0.05, 0.1) is 0 Å². The number of carboxylic acids is 1. The van der Waals surface area contributed by atoms with Gasteiger partial charge in [0.2, 0.25) is 5.16 Å². The van der Waals surface area contributed by atoms with Crippen LogP contribution in [0.2, 0.25) is 0 Å². The Morgan fingerprint density at radius 3 is 2.74 bits per heavy atom. The summed E-state index contributed by atoms with van der Waals surface area (Å²) in [6.45, 7) is 1.83. The summed E-state index contributed by atoms with van der Waals surface area (Å²) in [5, 5.41) is 28.8. The molecule has 2 aliphatic heterocycles. The number of nitrogens with one attached hydrogen (secondary N) is 2. The second-order valence-electron chi connectivity index (χ2n) is 6.93. The van der Waals surface area contributed by atoms with Gasteiger partial charge in [0.25, 0.3) is 11.8 Å². The third-order valence-corrected chi connectivity index (χ3v) is 7.38. The number of carbonyl (C=O) groups excluding carboxylic acids is 2. The zero-order valence-electron chi connectivity index (χ0n) is 16.3. The van der Waals surface area contributed by atoms with Crippen LogP contribution in [-0.2, 0) is 14.4 Å². The van der Waals surface area contributed by atoms with E-state index in [0.717, 1.165) is 0 Å². The lowest BCUT2D eigenvalue weighted by atomic mass is 10.0. The van der Waals surface area contributed by atoms with Crippen LogP contribution < -0.4 is 5.32 Å². The van der Waals surface area contributed by atoms with E-state index in [1.165, 1.54) is 34.8 Å². The minimum absolute atomic E-state index is 0.0709. The number of benzene rings is 1. The van der Waals surface area contributed by atoms with Crippen LogP contribution in [0.3, 0.4) is 0 Å². The largest absolute Gasteiger partial charge is 0.477 e. The van der Waals surface area contributed by atoms with Gasteiger partial charge in [-0.05, 0) is 18.1 Å². The number of aromatic amines is 1. The monoisotopic (exact) mass is 461 g/mol. The standard InChI is InChI=1S/C19H19N5O5S2/c1-9(31-19-20-8-21-23-19)11-7-30-17-12(16(27)24(17)13(11)18(28)29)22-15(26)14(25)10-5-3-2-4-6-10/h2-6,8-9,12,14,17,25H,7H2,1H3,(H,22,26)(H,28,29)(H,20,21,23)/t9?,12?,14?,17-/m0/s1. The molecule has 3 unspecified atom stereocenters. The van der Waals surface area contributed by atoms with E-state index in [1.807, 2.05) is 6.92 Å². The molecule has 1 aromatic heterocycles. The summed E-state index contributed by atoms with van der Waals surface area (Å²) in [5.74, 6) is -2.05. The molecule has 4 atom stereocenters. The van der Waals surface area contributed by atoms with Crippen molar-refractivity contribution in [2.24, 2.45) is 0 Å². The molecule has 0 radical (unpaired) electrons. The zero-order valence-corrected chi connectivity index (χ0v) is 17.9. The van der Waals surface area contributed by atoms with Crippen molar-refractivity contribution in [1.82, 2.24) is 25.4 Å². The van der Waals surface area contributed by atoms with Gasteiger partial charge in [-0.2, -0.15) is 0 Å². The number of thioether (sulfide) groups is 2. The van der Waals surface area contributed by atoms with Crippen molar-refractivity contribution in [2.75, 3.05) is 5.75 Å². The van der Waals surface area contributed by atoms with Gasteiger partial charge in [-0.15, -0.1) is 16.9 Å². The summed E-state index contributed by atoms with van der Waals surface area (Å²) < 4.78 is 0. The number of aliphatic hydroxyl groups excluding tert-OH is 1. The third-order valence-electron chi connectivity index (χ3n) is 5.03. The van der Waals surface area contributed by atoms with Crippen molar-refractivity contribution in [1.29, 1.82) is 0 Å². The Morgan fingerprint density at radius 2 is 2.10 bits per heavy atom. The molecule has 162 valence electrons. The summed E-state index contributed by atoms with van der Waals surface area (Å²) in [7, 11) is 0. The highest BCUT2D eigenvalue weighted by molar-refractivity contribution is 8.01. The van der Waals surface area contributed by atoms with E-state index in [-0.39, 0.29) is 10.9 Å². The number of carbonyl (C=O) groups is 3. The maximum absolute atomic E-state index is 12.8. The molecule has 2 amide bonds. The SMILES string of the molecule is CC(Sc1nc[nH]n1)C1=C(C(=O)O)N2C(=O)C(NC(=O)C(O)c3ccccc3)[C@@H]2SC1. The molecular formula is C19H19N5O5S2. The minimum atomic E-state index is -1.42. The van der Waals surface area contributed by atoms with Crippen LogP contribution in [0.4, 0.5) is 0 Å². The van der Waals surface area contributed by atoms with E-state index in [9.17, 15) is 24.6 Å². The van der Waals surface area contributed by atoms with Crippen molar-refractivity contribution in [3.05, 3.63) is 53.5 Å². The number of aromatic nitrogens is 3. The van der Waals surface area contributed by atoms with Crippen LogP contribution in [0.15, 0.2) is 53.1 Å². The van der Waals surface area contributed by atoms with E-state index < -0.39 is 35.3 Å². The third kappa shape index (κ3) is 4.05. The Balaban J connectivity index is 1.49. The molecule has 12 heteroatoms. The number of β-lactam (4-membered cyclic amide) rings is 1. The molecule has 0 aliphatic carbocycles. The number of hydrogen-bond acceptors (Lipinski definition) is 8. The summed E-state index contributed by atoms with van der Waals surface area (Å²) >= 11 is 2.66. The highest BCUT2D eigenvalue weighted by Gasteiger charge is 2.54. The molecule has 1 saturated heterocycles. The number of nitrogens with zero attached hydrogens (tertiary/aromatic N) is 3. The fraction of sp³-hybridized carbons (Fsp3) is 0.316. The van der Waals surface area contributed by atoms with Crippen molar-refractivity contribution in [2.45, 2.75) is 34.8 Å². The van der Waals surface area contributed by atoms with E-state index in [4.69, 9.17) is 0 Å². The van der Waals surface area contributed by atoms with Gasteiger partial charge in [0.1, 0.15) is 23.4 Å². The normalized spacial score (nSPS) is 22.4. The smallest absolute Gasteiger partial charge is 0.352 e. The van der Waals surface area contributed by atoms with Crippen LogP contribution in [0.25, 0.3) is 0 Å². The summed E-state index contributed by atoms with van der Waals surface area (Å²) in [6, 6.07) is 7.48. The van der Waals surface area contributed by atoms with Crippen molar-refractivity contribution in [3.8, 4) is 0 Å². The molecule has 2 aliphatic rings. The fourth-order valence-corrected chi connectivity index (χ4v) is 5.91. The summed E-state index contributed by atoms with van der Waals surface area (Å²) in [6.07, 6.45) is 0.0167. The zero-order chi connectivity index (χ0) is 22.1. The van der Waals surface area contributed by atoms with E-state index in [0.29, 0.717) is 22.0 Å². The highest BCUT2D eigenvalue weighted by Crippen LogP contribution is 2.43. The van der Waals surface area contributed by atoms with Crippen LogP contribution in [0.5, 0.6) is 0 Å². The predicted octanol–water partition coefficient (Wildman–Crippen LogP) is 0.757. The van der Waals surface area contributed by atoms with Crippen molar-refractivity contribution in [3.63, 3.8) is 0 Å². The molecule has 1 aromatic carbocycles. The van der Waals surface area contributed by atoms with Gasteiger partial charge in [-0.25, -0.2) is 9.78 Å². The van der Waals surface area contributed by atoms with Crippen LogP contribution >= 0.6 is 23.5 Å². The van der Waals surface area contributed by atoms with Gasteiger partial charge in [-0.3, -0.25) is 19.6 Å². The summed E-state index contributed by atoms with van der Waals surface area (Å²) in [5.41, 5.74) is 0.926. The number of H-pyrrole nitrogens is 1. The number of aliphatic carboxylic acids is 1. The van der Waals surface area contributed by atoms with Gasteiger partial charge < -0.3 is 15.5 Å². The average molecular weight is 462 g/mol. The van der Waals surface area contributed by atoms with Crippen molar-refractivity contribution >= 4 is 41.3 Å². The molecule has 0 saturated carbocycles. The first-order chi connectivity index (χ1) is 14.9. The van der Waals surface area contributed by atoms with E-state index >= 15 is 0 Å². The number of rotatable bonds is 7. The Bertz CT molecular complexity index is 1030. The number of aliphatic hydroxyl groups is 1. The fourth-order valence-electron chi connectivity index (χ4n) is 3.46. The lowest BCUT2D eigenvalue weighted by molar-refractivity contribution is -0.151. The molecule has 10 nitrogen and oxygen atoms in total. The Morgan fingerprint density at radius 1 is 1.35 bits per heavy atom. The first-order valence-electron chi connectivity index (χ1n) is 9.35. The highest BCUT2D eigenvalue weighted by atomic mass is 32.2. The summed E-state index contributed by atoms with van der Waals surface area (Å²) in [4.78, 5) is 42.5. The average Bonchev–Trinajstić information content (AvgIpc) is 3.29. The van der Waals surface area contributed by atoms with Gasteiger partial charge in [0.15, 0.2) is 6.10 Å². The molecule has 4 N–H and O–H groups in total. The maximum atomic E-state index is 12.8. The quantitative estimate of drug-likeness (QED) is 0.346. The van der Waals surface area contributed by atoms with E-state index in [1.54, 1.807) is 30.3 Å². The molecule has 3 heterocycles. The van der Waals surface area contributed by atoms with E-state index in [2.05, 4.69) is 20.5 Å². The second-order valence-corrected chi connectivity index (χ2v) is 9.34. The molecule has 0 bridgehead atoms.